The van der Waals surface area contributed by atoms with Gasteiger partial charge in [-0.15, -0.1) is 0 Å². The van der Waals surface area contributed by atoms with Crippen molar-refractivity contribution < 1.29 is 9.18 Å². The molecule has 4 nitrogen and oxygen atoms in total. The van der Waals surface area contributed by atoms with Crippen LogP contribution in [-0.4, -0.2) is 18.0 Å². The summed E-state index contributed by atoms with van der Waals surface area (Å²) < 4.78 is 14.0. The lowest BCUT2D eigenvalue weighted by Crippen LogP contribution is -2.75. The van der Waals surface area contributed by atoms with Crippen LogP contribution in [-0.2, 0) is 0 Å². The number of benzene rings is 2. The monoisotopic (exact) mass is 379 g/mol. The van der Waals surface area contributed by atoms with Crippen molar-refractivity contribution in [2.45, 2.75) is 46.7 Å². The highest BCUT2D eigenvalue weighted by atomic mass is 19.1. The molecule has 0 spiro atoms. The summed E-state index contributed by atoms with van der Waals surface area (Å²) in [6.07, 6.45) is 0. The number of nitrogens with zero attached hydrogens (tertiary/aromatic N) is 1. The summed E-state index contributed by atoms with van der Waals surface area (Å²) in [6, 6.07) is 13.9. The molecule has 2 aromatic rings. The number of nitrogens with one attached hydrogen (secondary N) is 2. The van der Waals surface area contributed by atoms with E-state index >= 15 is 0 Å². The maximum absolute atomic E-state index is 14.0. The van der Waals surface area contributed by atoms with Crippen molar-refractivity contribution in [3.8, 4) is 6.07 Å². The maximum Gasteiger partial charge on any atom is 0.251 e. The van der Waals surface area contributed by atoms with Crippen molar-refractivity contribution in [2.24, 2.45) is 10.8 Å². The second-order valence-electron chi connectivity index (χ2n) is 8.80. The molecule has 3 rings (SSSR count). The second kappa shape index (κ2) is 6.94. The fraction of sp³-hybridized carbons (Fsp3) is 0.391. The molecule has 0 aliphatic heterocycles. The van der Waals surface area contributed by atoms with E-state index in [-0.39, 0.29) is 34.4 Å². The first-order valence-electron chi connectivity index (χ1n) is 9.41. The topological polar surface area (TPSA) is 64.9 Å². The number of hydrogen-bond acceptors (Lipinski definition) is 3. The van der Waals surface area contributed by atoms with E-state index in [1.165, 1.54) is 12.1 Å². The lowest BCUT2D eigenvalue weighted by molar-refractivity contribution is -0.0554. The zero-order chi connectivity index (χ0) is 20.7. The van der Waals surface area contributed by atoms with Crippen LogP contribution < -0.4 is 10.6 Å². The third kappa shape index (κ3) is 3.35. The summed E-state index contributed by atoms with van der Waals surface area (Å²) in [5.41, 5.74) is 1.93. The van der Waals surface area contributed by atoms with E-state index in [9.17, 15) is 9.18 Å². The van der Waals surface area contributed by atoms with Gasteiger partial charge in [0.25, 0.3) is 5.91 Å². The Balaban J connectivity index is 1.76. The fourth-order valence-electron chi connectivity index (χ4n) is 4.68. The number of rotatable bonds is 4. The van der Waals surface area contributed by atoms with Crippen LogP contribution in [0, 0.1) is 34.9 Å². The van der Waals surface area contributed by atoms with Gasteiger partial charge in [0.1, 0.15) is 11.9 Å². The number of nitriles is 1. The Morgan fingerprint density at radius 2 is 1.64 bits per heavy atom. The van der Waals surface area contributed by atoms with E-state index in [0.717, 1.165) is 5.56 Å². The zero-order valence-corrected chi connectivity index (χ0v) is 16.9. The van der Waals surface area contributed by atoms with Crippen LogP contribution in [0.4, 0.5) is 10.1 Å². The highest BCUT2D eigenvalue weighted by molar-refractivity contribution is 5.94. The molecule has 0 unspecified atom stereocenters. The standard InChI is InChI=1S/C23H26FN3O/c1-14-6-8-15(9-7-14)19(28)27-21-22(2,3)20(23(21,4)5)26-17-11-10-16(13-25)18(24)12-17/h6-12,20-21,26H,1-5H3,(H,27,28)/t20-,21-. The van der Waals surface area contributed by atoms with Gasteiger partial charge in [-0.25, -0.2) is 4.39 Å². The summed E-state index contributed by atoms with van der Waals surface area (Å²) in [5, 5.41) is 15.5. The highest BCUT2D eigenvalue weighted by Crippen LogP contribution is 2.55. The normalized spacial score (nSPS) is 21.9. The van der Waals surface area contributed by atoms with E-state index in [0.29, 0.717) is 11.3 Å². The Hall–Kier alpha value is -2.87. The van der Waals surface area contributed by atoms with E-state index in [1.807, 2.05) is 37.3 Å². The van der Waals surface area contributed by atoms with E-state index in [1.54, 1.807) is 6.07 Å². The van der Waals surface area contributed by atoms with E-state index in [2.05, 4.69) is 38.3 Å². The molecule has 0 aromatic heterocycles. The molecular formula is C23H26FN3O. The van der Waals surface area contributed by atoms with Crippen LogP contribution in [0.2, 0.25) is 0 Å². The molecule has 5 heteroatoms. The molecule has 2 N–H and O–H groups in total. The van der Waals surface area contributed by atoms with Crippen LogP contribution in [0.5, 0.6) is 0 Å². The summed E-state index contributed by atoms with van der Waals surface area (Å²) in [7, 11) is 0. The van der Waals surface area contributed by atoms with Gasteiger partial charge < -0.3 is 10.6 Å². The fourth-order valence-corrected chi connectivity index (χ4v) is 4.68. The molecular weight excluding hydrogens is 353 g/mol. The highest BCUT2D eigenvalue weighted by Gasteiger charge is 2.62. The van der Waals surface area contributed by atoms with Crippen molar-refractivity contribution in [3.63, 3.8) is 0 Å². The number of aryl methyl sites for hydroxylation is 1. The molecule has 0 saturated heterocycles. The maximum atomic E-state index is 14.0. The summed E-state index contributed by atoms with van der Waals surface area (Å²) >= 11 is 0. The Bertz CT molecular complexity index is 925. The van der Waals surface area contributed by atoms with Gasteiger partial charge in [0, 0.05) is 34.2 Å². The SMILES string of the molecule is Cc1ccc(C(=O)N[C@H]2C(C)(C)[C@H](Nc3ccc(C#N)c(F)c3)C2(C)C)cc1. The average molecular weight is 379 g/mol. The lowest BCUT2D eigenvalue weighted by atomic mass is 9.48. The number of hydrogen-bond donors (Lipinski definition) is 2. The van der Waals surface area contributed by atoms with E-state index < -0.39 is 5.82 Å². The smallest absolute Gasteiger partial charge is 0.251 e. The van der Waals surface area contributed by atoms with Gasteiger partial charge in [-0.3, -0.25) is 4.79 Å². The number of carbonyl (C=O) groups is 1. The van der Waals surface area contributed by atoms with Crippen molar-refractivity contribution in [3.05, 3.63) is 65.0 Å². The van der Waals surface area contributed by atoms with Crippen molar-refractivity contribution in [1.82, 2.24) is 5.32 Å². The zero-order valence-electron chi connectivity index (χ0n) is 16.9. The predicted molar refractivity (Wildman–Crippen MR) is 109 cm³/mol. The minimum Gasteiger partial charge on any atom is -0.381 e. The van der Waals surface area contributed by atoms with Gasteiger partial charge in [0.15, 0.2) is 0 Å². The molecule has 1 fully saturated rings. The van der Waals surface area contributed by atoms with Gasteiger partial charge in [-0.2, -0.15) is 5.26 Å². The van der Waals surface area contributed by atoms with Gasteiger partial charge in [0.2, 0.25) is 0 Å². The molecule has 0 heterocycles. The first-order chi connectivity index (χ1) is 13.1. The molecule has 0 radical (unpaired) electrons. The first kappa shape index (κ1) is 19.9. The molecule has 1 saturated carbocycles. The number of halogens is 1. The predicted octanol–water partition coefficient (Wildman–Crippen LogP) is 4.65. The molecule has 1 aliphatic rings. The number of carbonyl (C=O) groups excluding carboxylic acids is 1. The molecule has 146 valence electrons. The molecule has 1 amide bonds. The minimum absolute atomic E-state index is 0.0238. The number of anilines is 1. The molecule has 0 atom stereocenters. The second-order valence-corrected chi connectivity index (χ2v) is 8.80. The first-order valence-corrected chi connectivity index (χ1v) is 9.41. The van der Waals surface area contributed by atoms with Gasteiger partial charge in [-0.1, -0.05) is 45.4 Å². The van der Waals surface area contributed by atoms with Crippen LogP contribution in [0.1, 0.15) is 49.2 Å². The molecule has 0 bridgehead atoms. The quantitative estimate of drug-likeness (QED) is 0.813. The molecule has 28 heavy (non-hydrogen) atoms. The van der Waals surface area contributed by atoms with Crippen LogP contribution in [0.3, 0.4) is 0 Å². The summed E-state index contributed by atoms with van der Waals surface area (Å²) in [4.78, 5) is 12.7. The third-order valence-electron chi connectivity index (χ3n) is 5.97. The van der Waals surface area contributed by atoms with Crippen molar-refractivity contribution in [2.75, 3.05) is 5.32 Å². The van der Waals surface area contributed by atoms with Gasteiger partial charge >= 0.3 is 0 Å². The molecule has 1 aliphatic carbocycles. The van der Waals surface area contributed by atoms with Crippen LogP contribution in [0.15, 0.2) is 42.5 Å². The van der Waals surface area contributed by atoms with Crippen LogP contribution in [0.25, 0.3) is 0 Å². The molecule has 2 aromatic carbocycles. The van der Waals surface area contributed by atoms with Crippen LogP contribution >= 0.6 is 0 Å². The van der Waals surface area contributed by atoms with Gasteiger partial charge in [-0.05, 0) is 37.3 Å². The summed E-state index contributed by atoms with van der Waals surface area (Å²) in [5.74, 6) is -0.624. The Morgan fingerprint density at radius 3 is 2.18 bits per heavy atom. The lowest BCUT2D eigenvalue weighted by Gasteiger charge is -2.64. The Morgan fingerprint density at radius 1 is 1.04 bits per heavy atom. The minimum atomic E-state index is -0.536. The van der Waals surface area contributed by atoms with E-state index in [4.69, 9.17) is 5.26 Å². The third-order valence-corrected chi connectivity index (χ3v) is 5.97. The van der Waals surface area contributed by atoms with Crippen molar-refractivity contribution >= 4 is 11.6 Å². The van der Waals surface area contributed by atoms with Crippen molar-refractivity contribution in [1.29, 1.82) is 5.26 Å². The Labute approximate surface area is 165 Å². The average Bonchev–Trinajstić information content (AvgIpc) is 2.64. The van der Waals surface area contributed by atoms with Gasteiger partial charge in [0.05, 0.1) is 5.56 Å². The number of amides is 1. The largest absolute Gasteiger partial charge is 0.381 e. The summed E-state index contributed by atoms with van der Waals surface area (Å²) in [6.45, 7) is 10.4. The Kier molecular flexibility index (Phi) is 4.93.